The second kappa shape index (κ2) is 7.29. The fraction of sp³-hybridized carbons (Fsp3) is 0.800. The molecular weight excluding hydrogens is 272 g/mol. The fourth-order valence-corrected chi connectivity index (χ4v) is 2.16. The molecule has 112 valence electrons. The molecule has 0 rings (SSSR count). The Morgan fingerprint density at radius 2 is 1.95 bits per heavy atom. The Balaban J connectivity index is 4.54. The first kappa shape index (κ1) is 17.6. The number of hydrogen-bond acceptors (Lipinski definition) is 5. The number of sulfonamides is 1. The maximum Gasteiger partial charge on any atom is 0.231 e. The Bertz CT molecular complexity index is 431. The van der Waals surface area contributed by atoms with Gasteiger partial charge in [0.25, 0.3) is 0 Å². The van der Waals surface area contributed by atoms with Gasteiger partial charge in [-0.3, -0.25) is 4.79 Å². The van der Waals surface area contributed by atoms with Gasteiger partial charge in [0.2, 0.25) is 15.9 Å². The van der Waals surface area contributed by atoms with Crippen molar-refractivity contribution in [2.45, 2.75) is 13.8 Å². The summed E-state index contributed by atoms with van der Waals surface area (Å²) in [6.45, 7) is 3.47. The van der Waals surface area contributed by atoms with E-state index < -0.39 is 21.8 Å². The number of oxime groups is 1. The zero-order valence-corrected chi connectivity index (χ0v) is 12.4. The van der Waals surface area contributed by atoms with Crippen LogP contribution in [0.15, 0.2) is 5.16 Å². The summed E-state index contributed by atoms with van der Waals surface area (Å²) in [6, 6.07) is 0. The van der Waals surface area contributed by atoms with Crippen LogP contribution in [0.4, 0.5) is 0 Å². The molecule has 0 spiro atoms. The molecule has 19 heavy (non-hydrogen) atoms. The van der Waals surface area contributed by atoms with E-state index in [0.717, 1.165) is 4.31 Å². The van der Waals surface area contributed by atoms with E-state index in [-0.39, 0.29) is 24.1 Å². The highest BCUT2D eigenvalue weighted by molar-refractivity contribution is 7.89. The van der Waals surface area contributed by atoms with Crippen molar-refractivity contribution in [1.82, 2.24) is 9.62 Å². The lowest BCUT2D eigenvalue weighted by Crippen LogP contribution is -2.43. The van der Waals surface area contributed by atoms with Crippen LogP contribution in [0.25, 0.3) is 0 Å². The maximum atomic E-state index is 11.8. The number of nitrogens with one attached hydrogen (secondary N) is 1. The van der Waals surface area contributed by atoms with Gasteiger partial charge in [0.15, 0.2) is 5.84 Å². The molecule has 0 aliphatic heterocycles. The molecule has 0 fully saturated rings. The number of hydrogen-bond donors (Lipinski definition) is 3. The van der Waals surface area contributed by atoms with Gasteiger partial charge >= 0.3 is 0 Å². The molecule has 0 heterocycles. The van der Waals surface area contributed by atoms with Crippen molar-refractivity contribution >= 4 is 21.8 Å². The van der Waals surface area contributed by atoms with Crippen LogP contribution in [0.2, 0.25) is 0 Å². The maximum absolute atomic E-state index is 11.8. The molecule has 0 saturated carbocycles. The lowest BCUT2D eigenvalue weighted by molar-refractivity contribution is -0.123. The van der Waals surface area contributed by atoms with Crippen LogP contribution >= 0.6 is 0 Å². The molecule has 0 aromatic rings. The van der Waals surface area contributed by atoms with Crippen molar-refractivity contribution in [3.8, 4) is 0 Å². The van der Waals surface area contributed by atoms with Crippen LogP contribution in [0.5, 0.6) is 0 Å². The van der Waals surface area contributed by atoms with E-state index in [2.05, 4.69) is 10.5 Å². The van der Waals surface area contributed by atoms with E-state index in [4.69, 9.17) is 10.9 Å². The van der Waals surface area contributed by atoms with Crippen LogP contribution in [-0.2, 0) is 14.8 Å². The minimum atomic E-state index is -3.36. The first-order valence-electron chi connectivity index (χ1n) is 5.78. The molecule has 0 saturated heterocycles. The SMILES string of the molecule is CC(C)C(C(=O)NCCS(=O)(=O)N(C)C)C(N)=NO. The number of amides is 1. The molecule has 0 radical (unpaired) electrons. The second-order valence-electron chi connectivity index (χ2n) is 4.64. The third kappa shape index (κ3) is 5.43. The van der Waals surface area contributed by atoms with Gasteiger partial charge in [-0.2, -0.15) is 0 Å². The highest BCUT2D eigenvalue weighted by Crippen LogP contribution is 2.11. The lowest BCUT2D eigenvalue weighted by atomic mass is 9.94. The van der Waals surface area contributed by atoms with Crippen LogP contribution in [0.1, 0.15) is 13.8 Å². The van der Waals surface area contributed by atoms with Gasteiger partial charge in [0.05, 0.1) is 5.75 Å². The van der Waals surface area contributed by atoms with Crippen molar-refractivity contribution in [3.05, 3.63) is 0 Å². The van der Waals surface area contributed by atoms with Crippen molar-refractivity contribution in [2.24, 2.45) is 22.7 Å². The predicted octanol–water partition coefficient (Wildman–Crippen LogP) is -0.987. The summed E-state index contributed by atoms with van der Waals surface area (Å²) in [4.78, 5) is 11.8. The number of carbonyl (C=O) groups is 1. The second-order valence-corrected chi connectivity index (χ2v) is 6.94. The molecule has 0 bridgehead atoms. The summed E-state index contributed by atoms with van der Waals surface area (Å²) in [6.07, 6.45) is 0. The van der Waals surface area contributed by atoms with E-state index in [1.54, 1.807) is 13.8 Å². The predicted molar refractivity (Wildman–Crippen MR) is 72.2 cm³/mol. The van der Waals surface area contributed by atoms with Gasteiger partial charge in [-0.25, -0.2) is 12.7 Å². The molecule has 0 aliphatic carbocycles. The smallest absolute Gasteiger partial charge is 0.231 e. The zero-order valence-electron chi connectivity index (χ0n) is 11.6. The van der Waals surface area contributed by atoms with E-state index in [1.807, 2.05) is 0 Å². The number of nitrogens with two attached hydrogens (primary N) is 1. The molecule has 0 aromatic carbocycles. The van der Waals surface area contributed by atoms with Crippen molar-refractivity contribution in [2.75, 3.05) is 26.4 Å². The average Bonchev–Trinajstić information content (AvgIpc) is 2.27. The minimum absolute atomic E-state index is 0.0265. The van der Waals surface area contributed by atoms with E-state index in [1.165, 1.54) is 14.1 Å². The Hall–Kier alpha value is -1.35. The van der Waals surface area contributed by atoms with E-state index in [9.17, 15) is 13.2 Å². The number of carbonyl (C=O) groups excluding carboxylic acids is 1. The van der Waals surface area contributed by atoms with Crippen LogP contribution in [-0.4, -0.2) is 56.1 Å². The summed E-state index contributed by atoms with van der Waals surface area (Å²) in [5, 5.41) is 13.9. The molecule has 1 unspecified atom stereocenters. The molecule has 8 nitrogen and oxygen atoms in total. The first-order chi connectivity index (χ1) is 8.63. The van der Waals surface area contributed by atoms with Gasteiger partial charge in [0, 0.05) is 20.6 Å². The van der Waals surface area contributed by atoms with Gasteiger partial charge in [0.1, 0.15) is 5.92 Å². The highest BCUT2D eigenvalue weighted by atomic mass is 32.2. The summed E-state index contributed by atoms with van der Waals surface area (Å²) >= 11 is 0. The molecule has 1 amide bonds. The third-order valence-corrected chi connectivity index (χ3v) is 4.43. The molecule has 0 aliphatic rings. The van der Waals surface area contributed by atoms with Crippen LogP contribution in [0, 0.1) is 11.8 Å². The Kier molecular flexibility index (Phi) is 6.77. The number of rotatable bonds is 7. The van der Waals surface area contributed by atoms with E-state index in [0.29, 0.717) is 0 Å². The average molecular weight is 294 g/mol. The highest BCUT2D eigenvalue weighted by Gasteiger charge is 2.26. The van der Waals surface area contributed by atoms with Gasteiger partial charge < -0.3 is 16.3 Å². The summed E-state index contributed by atoms with van der Waals surface area (Å²) in [7, 11) is -0.516. The summed E-state index contributed by atoms with van der Waals surface area (Å²) in [5.74, 6) is -1.80. The molecule has 4 N–H and O–H groups in total. The topological polar surface area (TPSA) is 125 Å². The largest absolute Gasteiger partial charge is 0.409 e. The fourth-order valence-electron chi connectivity index (χ4n) is 1.44. The van der Waals surface area contributed by atoms with Crippen LogP contribution < -0.4 is 11.1 Å². The Labute approximate surface area is 113 Å². The molecule has 1 atom stereocenters. The zero-order chi connectivity index (χ0) is 15.2. The lowest BCUT2D eigenvalue weighted by Gasteiger charge is -2.19. The van der Waals surface area contributed by atoms with Gasteiger partial charge in [-0.05, 0) is 5.92 Å². The number of nitrogens with zero attached hydrogens (tertiary/aromatic N) is 2. The Morgan fingerprint density at radius 3 is 2.32 bits per heavy atom. The summed E-state index contributed by atoms with van der Waals surface area (Å²) < 4.78 is 24.1. The Morgan fingerprint density at radius 1 is 1.42 bits per heavy atom. The first-order valence-corrected chi connectivity index (χ1v) is 7.39. The number of amidine groups is 1. The molecule has 9 heteroatoms. The quantitative estimate of drug-likeness (QED) is 0.241. The van der Waals surface area contributed by atoms with Crippen molar-refractivity contribution in [3.63, 3.8) is 0 Å². The van der Waals surface area contributed by atoms with E-state index >= 15 is 0 Å². The minimum Gasteiger partial charge on any atom is -0.409 e. The third-order valence-electron chi connectivity index (χ3n) is 2.60. The van der Waals surface area contributed by atoms with Crippen molar-refractivity contribution < 1.29 is 18.4 Å². The van der Waals surface area contributed by atoms with Gasteiger partial charge in [-0.1, -0.05) is 19.0 Å². The van der Waals surface area contributed by atoms with Gasteiger partial charge in [-0.15, -0.1) is 0 Å². The monoisotopic (exact) mass is 294 g/mol. The molecule has 0 aromatic heterocycles. The standard InChI is InChI=1S/C10H22N4O4S/c1-7(2)8(9(11)13-16)10(15)12-5-6-19(17,18)14(3)4/h7-8,16H,5-6H2,1-4H3,(H2,11,13)(H,12,15). The summed E-state index contributed by atoms with van der Waals surface area (Å²) in [5.41, 5.74) is 5.44. The van der Waals surface area contributed by atoms with Crippen molar-refractivity contribution in [1.29, 1.82) is 0 Å². The normalized spacial score (nSPS) is 14.7. The molecular formula is C10H22N4O4S. The van der Waals surface area contributed by atoms with Crippen LogP contribution in [0.3, 0.4) is 0 Å².